The average molecular weight is 401 g/mol. The largest absolute Gasteiger partial charge is 0.378 e. The van der Waals surface area contributed by atoms with Crippen molar-refractivity contribution in [2.45, 2.75) is 25.8 Å². The van der Waals surface area contributed by atoms with E-state index in [-0.39, 0.29) is 0 Å². The number of likely N-dealkylation sites (tertiary alicyclic amines) is 1. The van der Waals surface area contributed by atoms with Crippen LogP contribution in [0.3, 0.4) is 0 Å². The number of ether oxygens (including phenoxy) is 1. The Morgan fingerprint density at radius 2 is 1.47 bits per heavy atom. The van der Waals surface area contributed by atoms with E-state index >= 15 is 0 Å². The molecule has 0 unspecified atom stereocenters. The molecule has 3 aromatic rings. The maximum atomic E-state index is 5.49. The Morgan fingerprint density at radius 3 is 2.27 bits per heavy atom. The Morgan fingerprint density at radius 1 is 0.733 bits per heavy atom. The van der Waals surface area contributed by atoms with Gasteiger partial charge in [0.1, 0.15) is 0 Å². The van der Waals surface area contributed by atoms with Gasteiger partial charge in [-0.15, -0.1) is 0 Å². The van der Waals surface area contributed by atoms with Gasteiger partial charge in [-0.05, 0) is 78.4 Å². The number of hydrogen-bond acceptors (Lipinski definition) is 3. The van der Waals surface area contributed by atoms with E-state index in [4.69, 9.17) is 4.74 Å². The van der Waals surface area contributed by atoms with E-state index in [1.807, 2.05) is 0 Å². The second kappa shape index (κ2) is 9.20. The Bertz CT molecular complexity index is 957. The summed E-state index contributed by atoms with van der Waals surface area (Å²) in [7, 11) is 0. The smallest absolute Gasteiger partial charge is 0.0642 e. The van der Waals surface area contributed by atoms with Crippen LogP contribution in [0.2, 0.25) is 0 Å². The Hall–Kier alpha value is -2.36. The van der Waals surface area contributed by atoms with Crippen LogP contribution in [0.1, 0.15) is 24.0 Å². The lowest BCUT2D eigenvalue weighted by atomic mass is 9.90. The fourth-order valence-electron chi connectivity index (χ4n) is 4.95. The average Bonchev–Trinajstić information content (AvgIpc) is 2.81. The van der Waals surface area contributed by atoms with E-state index in [0.717, 1.165) is 38.8 Å². The second-order valence-electron chi connectivity index (χ2n) is 8.87. The van der Waals surface area contributed by atoms with Gasteiger partial charge in [-0.25, -0.2) is 0 Å². The molecule has 3 aromatic carbocycles. The van der Waals surface area contributed by atoms with Crippen LogP contribution in [0.4, 0.5) is 5.69 Å². The lowest BCUT2D eigenvalue weighted by Gasteiger charge is -2.32. The molecule has 3 nitrogen and oxygen atoms in total. The predicted molar refractivity (Wildman–Crippen MR) is 125 cm³/mol. The molecule has 0 aliphatic carbocycles. The lowest BCUT2D eigenvalue weighted by molar-refractivity contribution is 0.122. The molecule has 2 saturated heterocycles. The third-order valence-corrected chi connectivity index (χ3v) is 6.75. The highest BCUT2D eigenvalue weighted by Crippen LogP contribution is 2.26. The standard InChI is InChI=1S/C27H32N2O/c1-2-4-22(5-3-1)18-23-10-12-28(13-11-23)21-24-6-7-26-20-27(9-8-25(26)19-24)29-14-16-30-17-15-29/h1-9,19-20,23H,10-18,21H2. The summed E-state index contributed by atoms with van der Waals surface area (Å²) in [5, 5.41) is 2.69. The Balaban J connectivity index is 1.18. The number of anilines is 1. The summed E-state index contributed by atoms with van der Waals surface area (Å²) in [6.45, 7) is 7.14. The van der Waals surface area contributed by atoms with Crippen LogP contribution in [0.15, 0.2) is 66.7 Å². The normalized spacial score (nSPS) is 18.7. The maximum absolute atomic E-state index is 5.49. The SMILES string of the molecule is c1ccc(CC2CCN(Cc3ccc4cc(N5CCOCC5)ccc4c3)CC2)cc1. The molecule has 0 spiro atoms. The number of piperidine rings is 1. The summed E-state index contributed by atoms with van der Waals surface area (Å²) >= 11 is 0. The summed E-state index contributed by atoms with van der Waals surface area (Å²) in [5.41, 5.74) is 4.24. The van der Waals surface area contributed by atoms with Crippen molar-refractivity contribution < 1.29 is 4.74 Å². The van der Waals surface area contributed by atoms with Crippen molar-refractivity contribution in [3.63, 3.8) is 0 Å². The molecule has 2 aliphatic heterocycles. The van der Waals surface area contributed by atoms with Crippen molar-refractivity contribution in [3.8, 4) is 0 Å². The first-order chi connectivity index (χ1) is 14.8. The monoisotopic (exact) mass is 400 g/mol. The zero-order chi connectivity index (χ0) is 20.2. The van der Waals surface area contributed by atoms with Crippen LogP contribution in [-0.2, 0) is 17.7 Å². The van der Waals surface area contributed by atoms with Crippen molar-refractivity contribution >= 4 is 16.5 Å². The van der Waals surface area contributed by atoms with Crippen LogP contribution in [-0.4, -0.2) is 44.3 Å². The second-order valence-corrected chi connectivity index (χ2v) is 8.87. The quantitative estimate of drug-likeness (QED) is 0.590. The van der Waals surface area contributed by atoms with E-state index in [0.29, 0.717) is 0 Å². The summed E-state index contributed by atoms with van der Waals surface area (Å²) in [4.78, 5) is 5.06. The van der Waals surface area contributed by atoms with Crippen molar-refractivity contribution in [2.75, 3.05) is 44.3 Å². The molecule has 2 aliphatic rings. The molecular formula is C27H32N2O. The van der Waals surface area contributed by atoms with Gasteiger partial charge in [0.05, 0.1) is 13.2 Å². The summed E-state index contributed by atoms with van der Waals surface area (Å²) in [6, 6.07) is 24.9. The zero-order valence-corrected chi connectivity index (χ0v) is 17.8. The van der Waals surface area contributed by atoms with Crippen molar-refractivity contribution in [1.82, 2.24) is 4.90 Å². The molecule has 0 aromatic heterocycles. The van der Waals surface area contributed by atoms with Gasteiger partial charge < -0.3 is 9.64 Å². The van der Waals surface area contributed by atoms with Crippen molar-refractivity contribution in [1.29, 1.82) is 0 Å². The third kappa shape index (κ3) is 4.69. The summed E-state index contributed by atoms with van der Waals surface area (Å²) < 4.78 is 5.49. The van der Waals surface area contributed by atoms with E-state index in [2.05, 4.69) is 76.5 Å². The van der Waals surface area contributed by atoms with Gasteiger partial charge in [0.2, 0.25) is 0 Å². The predicted octanol–water partition coefficient (Wildman–Crippen LogP) is 5.13. The molecule has 0 amide bonds. The molecule has 2 fully saturated rings. The third-order valence-electron chi connectivity index (χ3n) is 6.75. The molecule has 156 valence electrons. The number of fused-ring (bicyclic) bond motifs is 1. The number of rotatable bonds is 5. The first-order valence-corrected chi connectivity index (χ1v) is 11.5. The van der Waals surface area contributed by atoms with Gasteiger partial charge in [0.15, 0.2) is 0 Å². The van der Waals surface area contributed by atoms with Crippen LogP contribution < -0.4 is 4.90 Å². The highest BCUT2D eigenvalue weighted by molar-refractivity contribution is 5.86. The van der Waals surface area contributed by atoms with Gasteiger partial charge in [0.25, 0.3) is 0 Å². The van der Waals surface area contributed by atoms with Gasteiger partial charge in [-0.1, -0.05) is 48.5 Å². The molecule has 0 radical (unpaired) electrons. The van der Waals surface area contributed by atoms with Gasteiger partial charge in [-0.3, -0.25) is 4.90 Å². The van der Waals surface area contributed by atoms with E-state index in [1.54, 1.807) is 0 Å². The molecule has 0 saturated carbocycles. The van der Waals surface area contributed by atoms with Gasteiger partial charge in [0, 0.05) is 25.3 Å². The van der Waals surface area contributed by atoms with Gasteiger partial charge >= 0.3 is 0 Å². The maximum Gasteiger partial charge on any atom is 0.0642 e. The minimum atomic E-state index is 0.832. The molecule has 5 rings (SSSR count). The highest BCUT2D eigenvalue weighted by Gasteiger charge is 2.19. The molecule has 30 heavy (non-hydrogen) atoms. The fourth-order valence-corrected chi connectivity index (χ4v) is 4.95. The van der Waals surface area contributed by atoms with Crippen LogP contribution in [0.5, 0.6) is 0 Å². The molecule has 0 bridgehead atoms. The van der Waals surface area contributed by atoms with Crippen LogP contribution >= 0.6 is 0 Å². The number of hydrogen-bond donors (Lipinski definition) is 0. The first kappa shape index (κ1) is 19.6. The van der Waals surface area contributed by atoms with E-state index in [1.165, 1.54) is 59.9 Å². The molecular weight excluding hydrogens is 368 g/mol. The van der Waals surface area contributed by atoms with Crippen LogP contribution in [0.25, 0.3) is 10.8 Å². The molecule has 0 N–H and O–H groups in total. The minimum Gasteiger partial charge on any atom is -0.378 e. The van der Waals surface area contributed by atoms with E-state index < -0.39 is 0 Å². The fraction of sp³-hybridized carbons (Fsp3) is 0.407. The van der Waals surface area contributed by atoms with E-state index in [9.17, 15) is 0 Å². The topological polar surface area (TPSA) is 15.7 Å². The van der Waals surface area contributed by atoms with Crippen molar-refractivity contribution in [3.05, 3.63) is 77.9 Å². The lowest BCUT2D eigenvalue weighted by Crippen LogP contribution is -2.36. The number of benzene rings is 3. The zero-order valence-electron chi connectivity index (χ0n) is 17.8. The minimum absolute atomic E-state index is 0.832. The van der Waals surface area contributed by atoms with Crippen molar-refractivity contribution in [2.24, 2.45) is 5.92 Å². The van der Waals surface area contributed by atoms with Gasteiger partial charge in [-0.2, -0.15) is 0 Å². The number of morpholine rings is 1. The Kier molecular flexibility index (Phi) is 6.01. The summed E-state index contributed by atoms with van der Waals surface area (Å²) in [5.74, 6) is 0.832. The first-order valence-electron chi connectivity index (χ1n) is 11.5. The molecule has 3 heteroatoms. The molecule has 2 heterocycles. The number of nitrogens with zero attached hydrogens (tertiary/aromatic N) is 2. The summed E-state index contributed by atoms with van der Waals surface area (Å²) in [6.07, 6.45) is 3.85. The Labute approximate surface area is 180 Å². The van der Waals surface area contributed by atoms with Crippen LogP contribution in [0, 0.1) is 5.92 Å². The highest BCUT2D eigenvalue weighted by atomic mass is 16.5. The molecule has 0 atom stereocenters.